The van der Waals surface area contributed by atoms with Gasteiger partial charge in [-0.25, -0.2) is 0 Å². The molecule has 5 heteroatoms. The smallest absolute Gasteiger partial charge is 0.219 e. The van der Waals surface area contributed by atoms with Gasteiger partial charge in [0.25, 0.3) is 0 Å². The highest BCUT2D eigenvalue weighted by Crippen LogP contribution is 2.54. The van der Waals surface area contributed by atoms with E-state index in [0.717, 1.165) is 32.6 Å². The quantitative estimate of drug-likeness (QED) is 0.877. The van der Waals surface area contributed by atoms with E-state index < -0.39 is 0 Å². The SMILES string of the molecule is CCC(=O)NC[C@H]1[C@H]2CN(Cc3cc4ccccc4s3)C[C@]23CC[C@H]1O3. The van der Waals surface area contributed by atoms with Crippen molar-refractivity contribution in [3.63, 3.8) is 0 Å². The first-order valence-corrected chi connectivity index (χ1v) is 10.6. The van der Waals surface area contributed by atoms with E-state index in [4.69, 9.17) is 4.74 Å². The number of thiophene rings is 1. The monoisotopic (exact) mass is 370 g/mol. The summed E-state index contributed by atoms with van der Waals surface area (Å²) in [5.41, 5.74) is 0.0446. The number of fused-ring (bicyclic) bond motifs is 2. The van der Waals surface area contributed by atoms with Crippen molar-refractivity contribution in [2.45, 2.75) is 44.4 Å². The molecule has 4 heterocycles. The molecule has 0 unspecified atom stereocenters. The van der Waals surface area contributed by atoms with E-state index >= 15 is 0 Å². The molecule has 3 aliphatic rings. The molecule has 1 N–H and O–H groups in total. The molecule has 3 aliphatic heterocycles. The van der Waals surface area contributed by atoms with E-state index in [1.807, 2.05) is 18.3 Å². The van der Waals surface area contributed by atoms with E-state index in [2.05, 4.69) is 40.5 Å². The zero-order chi connectivity index (χ0) is 17.7. The van der Waals surface area contributed by atoms with Crippen LogP contribution in [0.2, 0.25) is 0 Å². The highest BCUT2D eigenvalue weighted by atomic mass is 32.1. The number of carbonyl (C=O) groups is 1. The third kappa shape index (κ3) is 2.68. The fourth-order valence-electron chi connectivity index (χ4n) is 5.37. The van der Waals surface area contributed by atoms with Gasteiger partial charge >= 0.3 is 0 Å². The molecule has 1 spiro atoms. The van der Waals surface area contributed by atoms with Crippen LogP contribution in [-0.4, -0.2) is 42.1 Å². The van der Waals surface area contributed by atoms with Gasteiger partial charge in [0.1, 0.15) is 0 Å². The standard InChI is InChI=1S/C21H26N2O2S/c1-2-20(24)22-10-16-17-12-23(13-21(17)8-7-18(16)25-21)11-15-9-14-5-3-4-6-19(14)26-15/h3-6,9,16-18H,2,7-8,10-13H2,1H3,(H,22,24)/t16-,17+,18+,21+/m0/s1. The molecule has 1 aromatic heterocycles. The molecule has 0 radical (unpaired) electrons. The Hall–Kier alpha value is -1.43. The average molecular weight is 371 g/mol. The summed E-state index contributed by atoms with van der Waals surface area (Å²) in [6.45, 7) is 5.84. The Morgan fingerprint density at radius 2 is 2.31 bits per heavy atom. The van der Waals surface area contributed by atoms with Gasteiger partial charge in [-0.15, -0.1) is 11.3 Å². The minimum Gasteiger partial charge on any atom is -0.370 e. The van der Waals surface area contributed by atoms with Gasteiger partial charge in [0, 0.05) is 54.0 Å². The molecule has 26 heavy (non-hydrogen) atoms. The molecule has 3 saturated heterocycles. The zero-order valence-electron chi connectivity index (χ0n) is 15.2. The highest BCUT2D eigenvalue weighted by Gasteiger charge is 2.62. The number of amides is 1. The normalized spacial score (nSPS) is 33.0. The van der Waals surface area contributed by atoms with E-state index in [0.29, 0.717) is 24.4 Å². The summed E-state index contributed by atoms with van der Waals surface area (Å²) in [5.74, 6) is 1.20. The maximum atomic E-state index is 11.7. The van der Waals surface area contributed by atoms with E-state index in [1.54, 1.807) is 0 Å². The van der Waals surface area contributed by atoms with E-state index in [1.165, 1.54) is 21.4 Å². The number of hydrogen-bond donors (Lipinski definition) is 1. The summed E-state index contributed by atoms with van der Waals surface area (Å²) in [6, 6.07) is 11.0. The largest absolute Gasteiger partial charge is 0.370 e. The van der Waals surface area contributed by atoms with E-state index in [9.17, 15) is 4.79 Å². The van der Waals surface area contributed by atoms with Gasteiger partial charge in [-0.05, 0) is 30.4 Å². The van der Waals surface area contributed by atoms with Crippen molar-refractivity contribution in [2.24, 2.45) is 11.8 Å². The van der Waals surface area contributed by atoms with Crippen LogP contribution in [0.25, 0.3) is 10.1 Å². The number of benzene rings is 1. The molecule has 2 aromatic rings. The summed E-state index contributed by atoms with van der Waals surface area (Å²) in [5, 5.41) is 4.46. The van der Waals surface area contributed by atoms with Crippen LogP contribution < -0.4 is 5.32 Å². The van der Waals surface area contributed by atoms with Crippen LogP contribution >= 0.6 is 11.3 Å². The molecule has 1 amide bonds. The predicted molar refractivity (Wildman–Crippen MR) is 104 cm³/mol. The summed E-state index contributed by atoms with van der Waals surface area (Å²) in [4.78, 5) is 15.7. The molecular formula is C21H26N2O2S. The molecule has 3 fully saturated rings. The number of rotatable bonds is 5. The molecular weight excluding hydrogens is 344 g/mol. The van der Waals surface area contributed by atoms with Gasteiger partial charge < -0.3 is 10.1 Å². The van der Waals surface area contributed by atoms with Gasteiger partial charge in [0.05, 0.1) is 11.7 Å². The molecule has 4 atom stereocenters. The van der Waals surface area contributed by atoms with Gasteiger partial charge in [-0.1, -0.05) is 25.1 Å². The third-order valence-electron chi connectivity index (χ3n) is 6.57. The minimum absolute atomic E-state index is 0.0446. The number of nitrogens with one attached hydrogen (secondary N) is 1. The lowest BCUT2D eigenvalue weighted by Crippen LogP contribution is -2.41. The van der Waals surface area contributed by atoms with Crippen molar-refractivity contribution in [1.29, 1.82) is 0 Å². The van der Waals surface area contributed by atoms with Crippen molar-refractivity contribution >= 4 is 27.3 Å². The van der Waals surface area contributed by atoms with Crippen LogP contribution in [0, 0.1) is 11.8 Å². The Kier molecular flexibility index (Phi) is 4.07. The minimum atomic E-state index is 0.0446. The summed E-state index contributed by atoms with van der Waals surface area (Å²) < 4.78 is 7.87. The van der Waals surface area contributed by atoms with Crippen LogP contribution in [0.15, 0.2) is 30.3 Å². The predicted octanol–water partition coefficient (Wildman–Crippen LogP) is 3.41. The summed E-state index contributed by atoms with van der Waals surface area (Å²) >= 11 is 1.91. The summed E-state index contributed by atoms with van der Waals surface area (Å²) in [7, 11) is 0. The number of ether oxygens (including phenoxy) is 1. The average Bonchev–Trinajstić information content (AvgIpc) is 3.37. The Balaban J connectivity index is 1.29. The van der Waals surface area contributed by atoms with Crippen molar-refractivity contribution < 1.29 is 9.53 Å². The zero-order valence-corrected chi connectivity index (χ0v) is 16.1. The van der Waals surface area contributed by atoms with Crippen LogP contribution in [0.1, 0.15) is 31.1 Å². The molecule has 2 bridgehead atoms. The van der Waals surface area contributed by atoms with Gasteiger partial charge in [-0.3, -0.25) is 9.69 Å². The van der Waals surface area contributed by atoms with Gasteiger partial charge in [0.2, 0.25) is 5.91 Å². The van der Waals surface area contributed by atoms with Crippen LogP contribution in [-0.2, 0) is 16.1 Å². The molecule has 5 rings (SSSR count). The number of carbonyl (C=O) groups excluding carboxylic acids is 1. The Morgan fingerprint density at radius 1 is 1.42 bits per heavy atom. The fraction of sp³-hybridized carbons (Fsp3) is 0.571. The first-order valence-electron chi connectivity index (χ1n) is 9.81. The van der Waals surface area contributed by atoms with Crippen LogP contribution in [0.3, 0.4) is 0 Å². The maximum absolute atomic E-state index is 11.7. The molecule has 0 saturated carbocycles. The first kappa shape index (κ1) is 16.7. The molecule has 138 valence electrons. The second-order valence-electron chi connectivity index (χ2n) is 8.11. The lowest BCUT2D eigenvalue weighted by Gasteiger charge is -2.29. The van der Waals surface area contributed by atoms with Crippen molar-refractivity contribution in [3.8, 4) is 0 Å². The lowest BCUT2D eigenvalue weighted by atomic mass is 9.73. The molecule has 1 aromatic carbocycles. The van der Waals surface area contributed by atoms with Crippen LogP contribution in [0.5, 0.6) is 0 Å². The van der Waals surface area contributed by atoms with E-state index in [-0.39, 0.29) is 11.5 Å². The molecule has 0 aliphatic carbocycles. The van der Waals surface area contributed by atoms with Crippen LogP contribution in [0.4, 0.5) is 0 Å². The van der Waals surface area contributed by atoms with Gasteiger partial charge in [0.15, 0.2) is 0 Å². The lowest BCUT2D eigenvalue weighted by molar-refractivity contribution is -0.121. The fourth-order valence-corrected chi connectivity index (χ4v) is 6.48. The summed E-state index contributed by atoms with van der Waals surface area (Å²) in [6.07, 6.45) is 3.25. The van der Waals surface area contributed by atoms with Gasteiger partial charge in [-0.2, -0.15) is 0 Å². The Bertz CT molecular complexity index is 801. The number of likely N-dealkylation sites (tertiary alicyclic amines) is 1. The second kappa shape index (κ2) is 6.32. The second-order valence-corrected chi connectivity index (χ2v) is 9.28. The van der Waals surface area contributed by atoms with Crippen molar-refractivity contribution in [2.75, 3.05) is 19.6 Å². The number of nitrogens with zero attached hydrogens (tertiary/aromatic N) is 1. The molecule has 4 nitrogen and oxygen atoms in total. The number of hydrogen-bond acceptors (Lipinski definition) is 4. The van der Waals surface area contributed by atoms with Crippen molar-refractivity contribution in [1.82, 2.24) is 10.2 Å². The highest BCUT2D eigenvalue weighted by molar-refractivity contribution is 7.19. The third-order valence-corrected chi connectivity index (χ3v) is 7.67. The topological polar surface area (TPSA) is 41.6 Å². The Morgan fingerprint density at radius 3 is 3.15 bits per heavy atom. The Labute approximate surface area is 158 Å². The van der Waals surface area contributed by atoms with Crippen molar-refractivity contribution in [3.05, 3.63) is 35.2 Å². The maximum Gasteiger partial charge on any atom is 0.219 e. The first-order chi connectivity index (χ1) is 12.7.